The summed E-state index contributed by atoms with van der Waals surface area (Å²) in [5.74, 6) is 0.631. The standard InChI is InChI=1S/C13H26N4O.HI/c1-3-17(4-2)13(14)15-10-9-12(18)16-11-7-5-6-8-11;/h11H,3-10H2,1-2H3,(H2,14,15)(H,16,18);1H. The summed E-state index contributed by atoms with van der Waals surface area (Å²) >= 11 is 0. The molecule has 0 heterocycles. The van der Waals surface area contributed by atoms with Gasteiger partial charge in [0.1, 0.15) is 0 Å². The summed E-state index contributed by atoms with van der Waals surface area (Å²) in [6, 6.07) is 0.390. The molecule has 0 aromatic heterocycles. The number of halogens is 1. The van der Waals surface area contributed by atoms with Crippen molar-refractivity contribution in [1.29, 1.82) is 0 Å². The van der Waals surface area contributed by atoms with Gasteiger partial charge in [0.25, 0.3) is 0 Å². The van der Waals surface area contributed by atoms with E-state index >= 15 is 0 Å². The van der Waals surface area contributed by atoms with E-state index in [4.69, 9.17) is 5.73 Å². The number of nitrogens with zero attached hydrogens (tertiary/aromatic N) is 2. The summed E-state index contributed by atoms with van der Waals surface area (Å²) in [4.78, 5) is 17.9. The lowest BCUT2D eigenvalue weighted by Crippen LogP contribution is -2.37. The fourth-order valence-electron chi connectivity index (χ4n) is 2.29. The van der Waals surface area contributed by atoms with E-state index in [0.29, 0.717) is 25.0 Å². The summed E-state index contributed by atoms with van der Waals surface area (Å²) in [6.45, 7) is 6.25. The number of hydrogen-bond acceptors (Lipinski definition) is 2. The Kier molecular flexibility index (Phi) is 9.99. The Hall–Kier alpha value is -0.530. The van der Waals surface area contributed by atoms with Crippen molar-refractivity contribution in [1.82, 2.24) is 10.2 Å². The molecule has 1 rings (SSSR count). The van der Waals surface area contributed by atoms with Crippen LogP contribution in [0.1, 0.15) is 46.0 Å². The monoisotopic (exact) mass is 382 g/mol. The Morgan fingerprint density at radius 1 is 1.32 bits per heavy atom. The normalized spacial score (nSPS) is 16.0. The zero-order valence-electron chi connectivity index (χ0n) is 12.0. The molecule has 0 unspecified atom stereocenters. The maximum atomic E-state index is 11.7. The highest BCUT2D eigenvalue weighted by Crippen LogP contribution is 2.17. The first-order chi connectivity index (χ1) is 8.67. The van der Waals surface area contributed by atoms with Crippen molar-refractivity contribution in [2.45, 2.75) is 52.0 Å². The van der Waals surface area contributed by atoms with Crippen LogP contribution in [-0.2, 0) is 4.79 Å². The average molecular weight is 382 g/mol. The van der Waals surface area contributed by atoms with Crippen LogP contribution in [0.3, 0.4) is 0 Å². The minimum absolute atomic E-state index is 0. The SMILES string of the molecule is CCN(CC)C(N)=NCCC(=O)NC1CCCC1.I. The maximum absolute atomic E-state index is 11.7. The fraction of sp³-hybridized carbons (Fsp3) is 0.846. The molecule has 0 bridgehead atoms. The van der Waals surface area contributed by atoms with Gasteiger partial charge < -0.3 is 16.0 Å². The molecule has 0 saturated heterocycles. The third-order valence-electron chi connectivity index (χ3n) is 3.42. The summed E-state index contributed by atoms with van der Waals surface area (Å²) in [5, 5.41) is 3.05. The second kappa shape index (κ2) is 10.3. The van der Waals surface area contributed by atoms with Crippen molar-refractivity contribution in [3.8, 4) is 0 Å². The van der Waals surface area contributed by atoms with E-state index in [1.807, 2.05) is 18.7 Å². The Morgan fingerprint density at radius 2 is 1.89 bits per heavy atom. The largest absolute Gasteiger partial charge is 0.370 e. The lowest BCUT2D eigenvalue weighted by molar-refractivity contribution is -0.121. The lowest BCUT2D eigenvalue weighted by Gasteiger charge is -2.19. The molecule has 3 N–H and O–H groups in total. The molecule has 0 atom stereocenters. The molecule has 1 amide bonds. The summed E-state index contributed by atoms with van der Waals surface area (Å²) in [5.41, 5.74) is 5.83. The van der Waals surface area contributed by atoms with Crippen LogP contribution in [-0.4, -0.2) is 42.4 Å². The molecule has 0 aliphatic heterocycles. The number of aliphatic imine (C=N–C) groups is 1. The van der Waals surface area contributed by atoms with E-state index in [1.165, 1.54) is 12.8 Å². The molecule has 19 heavy (non-hydrogen) atoms. The number of carbonyl (C=O) groups is 1. The predicted octanol–water partition coefficient (Wildman–Crippen LogP) is 1.71. The zero-order valence-corrected chi connectivity index (χ0v) is 14.4. The van der Waals surface area contributed by atoms with E-state index in [9.17, 15) is 4.79 Å². The molecule has 0 spiro atoms. The molecule has 1 fully saturated rings. The smallest absolute Gasteiger partial charge is 0.222 e. The number of nitrogens with two attached hydrogens (primary N) is 1. The van der Waals surface area contributed by atoms with Crippen molar-refractivity contribution in [3.63, 3.8) is 0 Å². The average Bonchev–Trinajstić information content (AvgIpc) is 2.83. The van der Waals surface area contributed by atoms with Gasteiger partial charge in [-0.1, -0.05) is 12.8 Å². The fourth-order valence-corrected chi connectivity index (χ4v) is 2.29. The van der Waals surface area contributed by atoms with Gasteiger partial charge in [-0.2, -0.15) is 0 Å². The number of nitrogens with one attached hydrogen (secondary N) is 1. The third kappa shape index (κ3) is 6.98. The lowest BCUT2D eigenvalue weighted by atomic mass is 10.2. The number of rotatable bonds is 6. The van der Waals surface area contributed by atoms with Gasteiger partial charge in [-0.15, -0.1) is 24.0 Å². The second-order valence-electron chi connectivity index (χ2n) is 4.71. The van der Waals surface area contributed by atoms with Crippen LogP contribution < -0.4 is 11.1 Å². The Labute approximate surface area is 133 Å². The van der Waals surface area contributed by atoms with Crippen molar-refractivity contribution >= 4 is 35.8 Å². The minimum Gasteiger partial charge on any atom is -0.370 e. The first kappa shape index (κ1) is 18.5. The number of carbonyl (C=O) groups excluding carboxylic acids is 1. The van der Waals surface area contributed by atoms with Crippen LogP contribution in [0.25, 0.3) is 0 Å². The van der Waals surface area contributed by atoms with Crippen LogP contribution in [0, 0.1) is 0 Å². The maximum Gasteiger partial charge on any atom is 0.222 e. The topological polar surface area (TPSA) is 70.7 Å². The van der Waals surface area contributed by atoms with Crippen molar-refractivity contribution in [2.75, 3.05) is 19.6 Å². The molecule has 1 aliphatic rings. The van der Waals surface area contributed by atoms with Crippen molar-refractivity contribution in [2.24, 2.45) is 10.7 Å². The van der Waals surface area contributed by atoms with Crippen LogP contribution in [0.5, 0.6) is 0 Å². The van der Waals surface area contributed by atoms with Crippen LogP contribution in [0.15, 0.2) is 4.99 Å². The summed E-state index contributed by atoms with van der Waals surface area (Å²) < 4.78 is 0. The Bertz CT molecular complexity index is 286. The van der Waals surface area contributed by atoms with Gasteiger partial charge in [0, 0.05) is 25.6 Å². The van der Waals surface area contributed by atoms with Crippen LogP contribution in [0.2, 0.25) is 0 Å². The van der Waals surface area contributed by atoms with Gasteiger partial charge in [-0.3, -0.25) is 9.79 Å². The first-order valence-electron chi connectivity index (χ1n) is 7.01. The van der Waals surface area contributed by atoms with E-state index < -0.39 is 0 Å². The van der Waals surface area contributed by atoms with E-state index in [1.54, 1.807) is 0 Å². The molecular formula is C13H27IN4O. The highest BCUT2D eigenvalue weighted by atomic mass is 127. The van der Waals surface area contributed by atoms with E-state index in [0.717, 1.165) is 25.9 Å². The van der Waals surface area contributed by atoms with Crippen molar-refractivity contribution in [3.05, 3.63) is 0 Å². The molecule has 1 aliphatic carbocycles. The van der Waals surface area contributed by atoms with E-state index in [2.05, 4.69) is 10.3 Å². The first-order valence-corrected chi connectivity index (χ1v) is 7.01. The second-order valence-corrected chi connectivity index (χ2v) is 4.71. The third-order valence-corrected chi connectivity index (χ3v) is 3.42. The molecule has 0 aromatic carbocycles. The van der Waals surface area contributed by atoms with Gasteiger partial charge in [0.05, 0.1) is 6.54 Å². The number of amides is 1. The predicted molar refractivity (Wildman–Crippen MR) is 89.8 cm³/mol. The van der Waals surface area contributed by atoms with Crippen LogP contribution >= 0.6 is 24.0 Å². The Morgan fingerprint density at radius 3 is 2.42 bits per heavy atom. The summed E-state index contributed by atoms with van der Waals surface area (Å²) in [7, 11) is 0. The number of hydrogen-bond donors (Lipinski definition) is 2. The summed E-state index contributed by atoms with van der Waals surface area (Å²) in [6.07, 6.45) is 5.14. The Balaban J connectivity index is 0.00000324. The number of guanidine groups is 1. The minimum atomic E-state index is 0. The van der Waals surface area contributed by atoms with Gasteiger partial charge in [0.15, 0.2) is 5.96 Å². The van der Waals surface area contributed by atoms with Gasteiger partial charge in [0.2, 0.25) is 5.91 Å². The quantitative estimate of drug-likeness (QED) is 0.418. The molecule has 112 valence electrons. The highest BCUT2D eigenvalue weighted by Gasteiger charge is 2.16. The molecule has 0 radical (unpaired) electrons. The molecule has 6 heteroatoms. The zero-order chi connectivity index (χ0) is 13.4. The van der Waals surface area contributed by atoms with Crippen molar-refractivity contribution < 1.29 is 4.79 Å². The van der Waals surface area contributed by atoms with Crippen LogP contribution in [0.4, 0.5) is 0 Å². The highest BCUT2D eigenvalue weighted by molar-refractivity contribution is 14.0. The van der Waals surface area contributed by atoms with Gasteiger partial charge in [-0.05, 0) is 26.7 Å². The molecule has 1 saturated carbocycles. The van der Waals surface area contributed by atoms with Gasteiger partial charge in [-0.25, -0.2) is 0 Å². The van der Waals surface area contributed by atoms with Gasteiger partial charge >= 0.3 is 0 Å². The van der Waals surface area contributed by atoms with E-state index in [-0.39, 0.29) is 29.9 Å². The molecular weight excluding hydrogens is 355 g/mol. The molecule has 5 nitrogen and oxygen atoms in total. The molecule has 0 aromatic rings.